The molecule has 0 saturated carbocycles. The molecular formula is C15H17ClN4S. The number of anilines is 1. The molecule has 0 unspecified atom stereocenters. The fourth-order valence-corrected chi connectivity index (χ4v) is 2.30. The summed E-state index contributed by atoms with van der Waals surface area (Å²) in [5, 5.41) is 7.49. The molecule has 0 amide bonds. The third-order valence-electron chi connectivity index (χ3n) is 2.99. The Balaban J connectivity index is 1.84. The van der Waals surface area contributed by atoms with Crippen LogP contribution in [0.2, 0.25) is 5.02 Å². The minimum Gasteiger partial charge on any atom is -0.362 e. The van der Waals surface area contributed by atoms with Crippen molar-refractivity contribution in [1.29, 1.82) is 0 Å². The second-order valence-corrected chi connectivity index (χ2v) is 5.24. The highest BCUT2D eigenvalue weighted by Crippen LogP contribution is 2.13. The SMILES string of the molecule is CCc1cccnc1NC(=S)NCCc1ncccc1Cl. The van der Waals surface area contributed by atoms with Gasteiger partial charge in [0.2, 0.25) is 0 Å². The third kappa shape index (κ3) is 4.65. The lowest BCUT2D eigenvalue weighted by atomic mass is 10.2. The summed E-state index contributed by atoms with van der Waals surface area (Å²) < 4.78 is 0. The van der Waals surface area contributed by atoms with Gasteiger partial charge in [-0.05, 0) is 42.4 Å². The van der Waals surface area contributed by atoms with E-state index in [0.717, 1.165) is 23.5 Å². The molecule has 2 rings (SSSR count). The predicted molar refractivity (Wildman–Crippen MR) is 90.8 cm³/mol. The first-order valence-corrected chi connectivity index (χ1v) is 7.57. The van der Waals surface area contributed by atoms with Crippen molar-refractivity contribution in [3.8, 4) is 0 Å². The van der Waals surface area contributed by atoms with Crippen molar-refractivity contribution < 1.29 is 0 Å². The Bertz CT molecular complexity index is 618. The van der Waals surface area contributed by atoms with Gasteiger partial charge in [0.1, 0.15) is 5.82 Å². The minimum atomic E-state index is 0.551. The van der Waals surface area contributed by atoms with Gasteiger partial charge in [-0.3, -0.25) is 4.98 Å². The average Bonchev–Trinajstić information content (AvgIpc) is 2.50. The van der Waals surface area contributed by atoms with Gasteiger partial charge in [0, 0.05) is 25.4 Å². The van der Waals surface area contributed by atoms with Crippen LogP contribution in [0.1, 0.15) is 18.2 Å². The molecule has 2 N–H and O–H groups in total. The van der Waals surface area contributed by atoms with Crippen LogP contribution < -0.4 is 10.6 Å². The number of nitrogens with one attached hydrogen (secondary N) is 2. The van der Waals surface area contributed by atoms with Crippen LogP contribution in [0.4, 0.5) is 5.82 Å². The van der Waals surface area contributed by atoms with Crippen molar-refractivity contribution in [2.45, 2.75) is 19.8 Å². The Kier molecular flexibility index (Phi) is 5.90. The van der Waals surface area contributed by atoms with E-state index in [1.807, 2.05) is 24.3 Å². The summed E-state index contributed by atoms with van der Waals surface area (Å²) in [6.07, 6.45) is 5.10. The average molecular weight is 321 g/mol. The number of aryl methyl sites for hydroxylation is 1. The summed E-state index contributed by atoms with van der Waals surface area (Å²) in [6, 6.07) is 7.61. The maximum absolute atomic E-state index is 6.06. The Labute approximate surface area is 135 Å². The molecule has 0 atom stereocenters. The van der Waals surface area contributed by atoms with Crippen molar-refractivity contribution in [2.75, 3.05) is 11.9 Å². The van der Waals surface area contributed by atoms with E-state index in [0.29, 0.717) is 23.1 Å². The van der Waals surface area contributed by atoms with E-state index in [9.17, 15) is 0 Å². The molecule has 2 aromatic heterocycles. The summed E-state index contributed by atoms with van der Waals surface area (Å²) in [4.78, 5) is 8.54. The number of nitrogens with zero attached hydrogens (tertiary/aromatic N) is 2. The van der Waals surface area contributed by atoms with Gasteiger partial charge in [-0.15, -0.1) is 0 Å². The van der Waals surface area contributed by atoms with Crippen LogP contribution in [0, 0.1) is 0 Å². The minimum absolute atomic E-state index is 0.551. The van der Waals surface area contributed by atoms with E-state index in [1.165, 1.54) is 0 Å². The van der Waals surface area contributed by atoms with Gasteiger partial charge in [0.25, 0.3) is 0 Å². The van der Waals surface area contributed by atoms with Gasteiger partial charge >= 0.3 is 0 Å². The Morgan fingerprint density at radius 3 is 2.76 bits per heavy atom. The molecule has 0 aliphatic carbocycles. The zero-order chi connectivity index (χ0) is 15.1. The molecule has 0 aliphatic heterocycles. The zero-order valence-corrected chi connectivity index (χ0v) is 13.3. The van der Waals surface area contributed by atoms with Crippen LogP contribution in [0.15, 0.2) is 36.7 Å². The van der Waals surface area contributed by atoms with Gasteiger partial charge in [0.05, 0.1) is 10.7 Å². The highest BCUT2D eigenvalue weighted by molar-refractivity contribution is 7.80. The van der Waals surface area contributed by atoms with Gasteiger partial charge in [0.15, 0.2) is 5.11 Å². The maximum Gasteiger partial charge on any atom is 0.171 e. The summed E-state index contributed by atoms with van der Waals surface area (Å²) in [5.74, 6) is 0.799. The lowest BCUT2D eigenvalue weighted by Gasteiger charge is -2.12. The molecule has 110 valence electrons. The zero-order valence-electron chi connectivity index (χ0n) is 11.8. The summed E-state index contributed by atoms with van der Waals surface area (Å²) in [6.45, 7) is 2.75. The van der Waals surface area contributed by atoms with Crippen LogP contribution in [0.5, 0.6) is 0 Å². The molecule has 2 aromatic rings. The molecule has 0 radical (unpaired) electrons. The molecule has 0 saturated heterocycles. The summed E-state index contributed by atoms with van der Waals surface area (Å²) in [5.41, 5.74) is 2.00. The van der Waals surface area contributed by atoms with Gasteiger partial charge in [-0.2, -0.15) is 0 Å². The second-order valence-electron chi connectivity index (χ2n) is 4.43. The number of thiocarbonyl (C=S) groups is 1. The first kappa shape index (κ1) is 15.7. The second kappa shape index (κ2) is 7.90. The van der Waals surface area contributed by atoms with Crippen molar-refractivity contribution in [3.05, 3.63) is 52.9 Å². The van der Waals surface area contributed by atoms with Crippen LogP contribution >= 0.6 is 23.8 Å². The molecule has 2 heterocycles. The smallest absolute Gasteiger partial charge is 0.171 e. The van der Waals surface area contributed by atoms with E-state index in [4.69, 9.17) is 23.8 Å². The molecular weight excluding hydrogens is 304 g/mol. The number of hydrogen-bond donors (Lipinski definition) is 2. The van der Waals surface area contributed by atoms with Crippen molar-refractivity contribution >= 4 is 34.7 Å². The maximum atomic E-state index is 6.06. The number of aromatic nitrogens is 2. The summed E-state index contributed by atoms with van der Waals surface area (Å²) in [7, 11) is 0. The molecule has 21 heavy (non-hydrogen) atoms. The highest BCUT2D eigenvalue weighted by atomic mass is 35.5. The van der Waals surface area contributed by atoms with E-state index in [-0.39, 0.29) is 0 Å². The highest BCUT2D eigenvalue weighted by Gasteiger charge is 2.04. The topological polar surface area (TPSA) is 49.8 Å². The quantitative estimate of drug-likeness (QED) is 0.828. The largest absolute Gasteiger partial charge is 0.362 e. The van der Waals surface area contributed by atoms with E-state index in [1.54, 1.807) is 12.4 Å². The summed E-state index contributed by atoms with van der Waals surface area (Å²) >= 11 is 11.3. The Morgan fingerprint density at radius 2 is 2.00 bits per heavy atom. The van der Waals surface area contributed by atoms with Gasteiger partial charge in [-0.25, -0.2) is 4.98 Å². The molecule has 6 heteroatoms. The molecule has 0 aromatic carbocycles. The van der Waals surface area contributed by atoms with Crippen LogP contribution in [0.25, 0.3) is 0 Å². The van der Waals surface area contributed by atoms with Crippen LogP contribution in [-0.4, -0.2) is 21.6 Å². The van der Waals surface area contributed by atoms with Crippen LogP contribution in [-0.2, 0) is 12.8 Å². The normalized spacial score (nSPS) is 10.2. The molecule has 0 aliphatic rings. The third-order valence-corrected chi connectivity index (χ3v) is 3.58. The lowest BCUT2D eigenvalue weighted by Crippen LogP contribution is -2.31. The van der Waals surface area contributed by atoms with Gasteiger partial charge in [-0.1, -0.05) is 24.6 Å². The number of halogens is 1. The monoisotopic (exact) mass is 320 g/mol. The molecule has 0 bridgehead atoms. The van der Waals surface area contributed by atoms with Crippen molar-refractivity contribution in [1.82, 2.24) is 15.3 Å². The molecule has 0 spiro atoms. The van der Waals surface area contributed by atoms with Gasteiger partial charge < -0.3 is 10.6 Å². The van der Waals surface area contributed by atoms with E-state index in [2.05, 4.69) is 27.5 Å². The fraction of sp³-hybridized carbons (Fsp3) is 0.267. The molecule has 4 nitrogen and oxygen atoms in total. The predicted octanol–water partition coefficient (Wildman–Crippen LogP) is 3.22. The van der Waals surface area contributed by atoms with Crippen molar-refractivity contribution in [2.24, 2.45) is 0 Å². The number of hydrogen-bond acceptors (Lipinski definition) is 3. The lowest BCUT2D eigenvalue weighted by molar-refractivity contribution is 0.847. The van der Waals surface area contributed by atoms with Crippen LogP contribution in [0.3, 0.4) is 0 Å². The van der Waals surface area contributed by atoms with E-state index >= 15 is 0 Å². The Morgan fingerprint density at radius 1 is 1.24 bits per heavy atom. The standard InChI is InChI=1S/C15H17ClN4S/c1-2-11-5-3-9-18-14(11)20-15(21)19-10-7-13-12(16)6-4-8-17-13/h3-6,8-9H,2,7,10H2,1H3,(H2,18,19,20,21). The Hall–Kier alpha value is -1.72. The first-order chi connectivity index (χ1) is 10.2. The van der Waals surface area contributed by atoms with E-state index < -0.39 is 0 Å². The number of pyridine rings is 2. The first-order valence-electron chi connectivity index (χ1n) is 6.79. The number of rotatable bonds is 5. The fourth-order valence-electron chi connectivity index (χ4n) is 1.88. The van der Waals surface area contributed by atoms with Crippen molar-refractivity contribution in [3.63, 3.8) is 0 Å². The molecule has 0 fully saturated rings.